The van der Waals surface area contributed by atoms with Crippen LogP contribution in [0.4, 0.5) is 5.69 Å². The lowest BCUT2D eigenvalue weighted by atomic mass is 9.81. The van der Waals surface area contributed by atoms with Gasteiger partial charge in [-0.3, -0.25) is 4.79 Å². The summed E-state index contributed by atoms with van der Waals surface area (Å²) in [5.74, 6) is 0.133. The molecule has 0 bridgehead atoms. The molecule has 1 unspecified atom stereocenters. The number of halogens is 1. The summed E-state index contributed by atoms with van der Waals surface area (Å²) in [5.41, 5.74) is 1.51. The van der Waals surface area contributed by atoms with Crippen LogP contribution >= 0.6 is 11.6 Å². The minimum atomic E-state index is -0.408. The van der Waals surface area contributed by atoms with Crippen LogP contribution in [-0.4, -0.2) is 13.0 Å². The normalized spacial score (nSPS) is 22.0. The number of para-hydroxylation sites is 1. The van der Waals surface area contributed by atoms with E-state index in [1.54, 1.807) is 11.9 Å². The number of carbonyl (C=O) groups is 1. The van der Waals surface area contributed by atoms with E-state index in [-0.39, 0.29) is 5.91 Å². The van der Waals surface area contributed by atoms with Crippen LogP contribution in [0.25, 0.3) is 0 Å². The van der Waals surface area contributed by atoms with Gasteiger partial charge in [-0.15, -0.1) is 0 Å². The monoisotopic (exact) mass is 253 g/mol. The van der Waals surface area contributed by atoms with Gasteiger partial charge in [-0.1, -0.05) is 44.5 Å². The van der Waals surface area contributed by atoms with Crippen molar-refractivity contribution in [2.45, 2.75) is 39.5 Å². The first-order chi connectivity index (χ1) is 8.02. The van der Waals surface area contributed by atoms with Crippen LogP contribution in [-0.2, 0) is 10.2 Å². The Morgan fingerprint density at radius 1 is 1.35 bits per heavy atom. The molecule has 0 aromatic heterocycles. The van der Waals surface area contributed by atoms with Gasteiger partial charge in [0.15, 0.2) is 0 Å². The number of hydrogen-bond donors (Lipinski definition) is 0. The number of carbonyl (C=O) groups excluding carboxylic acids is 1. The first-order valence-corrected chi connectivity index (χ1v) is 6.47. The molecule has 0 saturated carbocycles. The van der Waals surface area contributed by atoms with E-state index in [0.29, 0.717) is 5.02 Å². The molecule has 1 aliphatic rings. The average molecular weight is 254 g/mol. The third-order valence-electron chi connectivity index (χ3n) is 3.40. The maximum Gasteiger partial charge on any atom is 0.237 e. The van der Waals surface area contributed by atoms with Crippen LogP contribution in [0.3, 0.4) is 0 Å². The lowest BCUT2D eigenvalue weighted by Gasteiger charge is -2.20. The predicted octanol–water partition coefficient (Wildman–Crippen LogP) is 4.01. The highest BCUT2D eigenvalue weighted by Crippen LogP contribution is 2.46. The number of amides is 1. The Balaban J connectivity index is 0.000000686. The molecular formula is C14H20ClNO. The summed E-state index contributed by atoms with van der Waals surface area (Å²) in [6.07, 6.45) is 0.795. The predicted molar refractivity (Wildman–Crippen MR) is 73.9 cm³/mol. The number of fused-ring (bicyclic) bond motifs is 1. The van der Waals surface area contributed by atoms with E-state index in [0.717, 1.165) is 17.7 Å². The number of likely N-dealkylation sites (N-methyl/N-ethyl adjacent to an activating group) is 1. The molecule has 3 heteroatoms. The Bertz CT molecular complexity index is 430. The zero-order valence-electron chi connectivity index (χ0n) is 11.2. The van der Waals surface area contributed by atoms with E-state index in [1.165, 1.54) is 0 Å². The Hall–Kier alpha value is -1.02. The van der Waals surface area contributed by atoms with E-state index in [4.69, 9.17) is 11.6 Å². The molecule has 0 aliphatic carbocycles. The van der Waals surface area contributed by atoms with Crippen LogP contribution in [0.2, 0.25) is 5.02 Å². The zero-order valence-corrected chi connectivity index (χ0v) is 11.9. The lowest BCUT2D eigenvalue weighted by molar-refractivity contribution is -0.122. The SMILES string of the molecule is CC.CCC1(C)C(=O)N(C)c2c(Cl)cccc21. The molecule has 1 atom stereocenters. The molecule has 1 heterocycles. The molecule has 0 radical (unpaired) electrons. The third kappa shape index (κ3) is 1.95. The van der Waals surface area contributed by atoms with E-state index in [9.17, 15) is 4.79 Å². The Morgan fingerprint density at radius 3 is 2.47 bits per heavy atom. The summed E-state index contributed by atoms with van der Waals surface area (Å²) in [5, 5.41) is 0.653. The molecule has 17 heavy (non-hydrogen) atoms. The molecule has 0 fully saturated rings. The summed E-state index contributed by atoms with van der Waals surface area (Å²) in [4.78, 5) is 13.8. The highest BCUT2D eigenvalue weighted by atomic mass is 35.5. The fourth-order valence-electron chi connectivity index (χ4n) is 2.23. The molecular weight excluding hydrogens is 234 g/mol. The summed E-state index contributed by atoms with van der Waals surface area (Å²) >= 11 is 6.12. The summed E-state index contributed by atoms with van der Waals surface area (Å²) in [7, 11) is 1.79. The molecule has 0 spiro atoms. The first-order valence-electron chi connectivity index (χ1n) is 6.09. The highest BCUT2D eigenvalue weighted by molar-refractivity contribution is 6.35. The van der Waals surface area contributed by atoms with Gasteiger partial charge in [-0.25, -0.2) is 0 Å². The van der Waals surface area contributed by atoms with Crippen molar-refractivity contribution in [3.8, 4) is 0 Å². The standard InChI is InChI=1S/C12H14ClNO.C2H6/c1-4-12(2)8-6-5-7-9(13)10(8)14(3)11(12)15;1-2/h5-7H,4H2,1-3H3;1-2H3. The van der Waals surface area contributed by atoms with Crippen LogP contribution in [0.15, 0.2) is 18.2 Å². The van der Waals surface area contributed by atoms with Crippen molar-refractivity contribution in [3.63, 3.8) is 0 Å². The Morgan fingerprint density at radius 2 is 1.94 bits per heavy atom. The highest BCUT2D eigenvalue weighted by Gasteiger charge is 2.45. The number of hydrogen-bond acceptors (Lipinski definition) is 1. The minimum absolute atomic E-state index is 0.133. The third-order valence-corrected chi connectivity index (χ3v) is 3.71. The van der Waals surface area contributed by atoms with Gasteiger partial charge in [0.1, 0.15) is 0 Å². The van der Waals surface area contributed by atoms with E-state index >= 15 is 0 Å². The van der Waals surface area contributed by atoms with E-state index in [1.807, 2.05) is 45.9 Å². The van der Waals surface area contributed by atoms with Crippen LogP contribution < -0.4 is 4.90 Å². The minimum Gasteiger partial charge on any atom is -0.313 e. The smallest absolute Gasteiger partial charge is 0.237 e. The number of anilines is 1. The zero-order chi connectivity index (χ0) is 13.2. The molecule has 2 nitrogen and oxygen atoms in total. The van der Waals surface area contributed by atoms with Crippen molar-refractivity contribution in [1.29, 1.82) is 0 Å². The summed E-state index contributed by atoms with van der Waals surface area (Å²) in [6, 6.07) is 5.72. The maximum atomic E-state index is 12.1. The fraction of sp³-hybridized carbons (Fsp3) is 0.500. The number of nitrogens with zero attached hydrogens (tertiary/aromatic N) is 1. The average Bonchev–Trinajstić information content (AvgIpc) is 2.56. The molecule has 0 N–H and O–H groups in total. The number of benzene rings is 1. The summed E-state index contributed by atoms with van der Waals surface area (Å²) in [6.45, 7) is 8.01. The Labute approximate surface area is 109 Å². The van der Waals surface area contributed by atoms with Crippen molar-refractivity contribution < 1.29 is 4.79 Å². The van der Waals surface area contributed by atoms with Crippen LogP contribution in [0, 0.1) is 0 Å². The van der Waals surface area contributed by atoms with Crippen molar-refractivity contribution in [2.75, 3.05) is 11.9 Å². The van der Waals surface area contributed by atoms with Gasteiger partial charge in [0.05, 0.1) is 16.1 Å². The van der Waals surface area contributed by atoms with Crippen molar-refractivity contribution >= 4 is 23.2 Å². The van der Waals surface area contributed by atoms with Crippen LogP contribution in [0.5, 0.6) is 0 Å². The largest absolute Gasteiger partial charge is 0.313 e. The van der Waals surface area contributed by atoms with Crippen LogP contribution in [0.1, 0.15) is 39.7 Å². The first kappa shape index (κ1) is 14.0. The fourth-order valence-corrected chi connectivity index (χ4v) is 2.53. The van der Waals surface area contributed by atoms with E-state index < -0.39 is 5.41 Å². The van der Waals surface area contributed by atoms with Gasteiger partial charge in [-0.2, -0.15) is 0 Å². The quantitative estimate of drug-likeness (QED) is 0.741. The van der Waals surface area contributed by atoms with Crippen molar-refractivity contribution in [3.05, 3.63) is 28.8 Å². The van der Waals surface area contributed by atoms with Gasteiger partial charge in [0, 0.05) is 7.05 Å². The lowest BCUT2D eigenvalue weighted by Crippen LogP contribution is -2.35. The van der Waals surface area contributed by atoms with Gasteiger partial charge in [0.25, 0.3) is 0 Å². The number of rotatable bonds is 1. The second kappa shape index (κ2) is 5.09. The van der Waals surface area contributed by atoms with Gasteiger partial charge in [0.2, 0.25) is 5.91 Å². The molecule has 1 aromatic rings. The van der Waals surface area contributed by atoms with Crippen molar-refractivity contribution in [2.24, 2.45) is 0 Å². The Kier molecular flexibility index (Phi) is 4.21. The molecule has 1 aromatic carbocycles. The van der Waals surface area contributed by atoms with Gasteiger partial charge in [-0.05, 0) is 25.0 Å². The molecule has 1 aliphatic heterocycles. The second-order valence-electron chi connectivity index (χ2n) is 4.19. The molecule has 1 amide bonds. The second-order valence-corrected chi connectivity index (χ2v) is 4.59. The van der Waals surface area contributed by atoms with Gasteiger partial charge < -0.3 is 4.90 Å². The maximum absolute atomic E-state index is 12.1. The molecule has 2 rings (SSSR count). The summed E-state index contributed by atoms with van der Waals surface area (Å²) < 4.78 is 0. The van der Waals surface area contributed by atoms with E-state index in [2.05, 4.69) is 0 Å². The van der Waals surface area contributed by atoms with Gasteiger partial charge >= 0.3 is 0 Å². The van der Waals surface area contributed by atoms with Crippen molar-refractivity contribution in [1.82, 2.24) is 0 Å². The molecule has 94 valence electrons. The topological polar surface area (TPSA) is 20.3 Å². The molecule has 0 saturated heterocycles.